The molecule has 1 fully saturated rings. The second kappa shape index (κ2) is 8.19. The largest absolute Gasteiger partial charge is 0.356 e. The van der Waals surface area contributed by atoms with Gasteiger partial charge in [-0.3, -0.25) is 4.68 Å². The van der Waals surface area contributed by atoms with Gasteiger partial charge in [0.2, 0.25) is 0 Å². The van der Waals surface area contributed by atoms with Gasteiger partial charge < -0.3 is 10.2 Å². The summed E-state index contributed by atoms with van der Waals surface area (Å²) < 4.78 is 2.10. The van der Waals surface area contributed by atoms with E-state index in [2.05, 4.69) is 49.9 Å². The summed E-state index contributed by atoms with van der Waals surface area (Å²) >= 11 is 1.59. The molecule has 0 aromatic carbocycles. The molecule has 136 valence electrons. The van der Waals surface area contributed by atoms with E-state index in [-0.39, 0.29) is 0 Å². The molecule has 1 aliphatic rings. The number of aromatic nitrogens is 4. The number of nitrogens with one attached hydrogen (secondary N) is 1. The van der Waals surface area contributed by atoms with Crippen LogP contribution in [0.3, 0.4) is 0 Å². The van der Waals surface area contributed by atoms with E-state index >= 15 is 0 Å². The Balaban J connectivity index is 1.49. The summed E-state index contributed by atoms with van der Waals surface area (Å²) in [6, 6.07) is 5.12. The van der Waals surface area contributed by atoms with Crippen LogP contribution in [-0.2, 0) is 6.54 Å². The number of hydrogen-bond acceptors (Lipinski definition) is 6. The maximum absolute atomic E-state index is 4.61. The standard InChI is InChI=1S/C18H28N6S/c1-13-11-15(3)24(22-13)12-14(2)20-16-6-9-23(10-7-16)17-5-8-19-18(21-17)25-4/h5,8,11,14,16,20H,6-7,9-10,12H2,1-4H3. The Labute approximate surface area is 154 Å². The van der Waals surface area contributed by atoms with Crippen LogP contribution in [0.25, 0.3) is 0 Å². The average Bonchev–Trinajstić information content (AvgIpc) is 2.92. The second-order valence-corrected chi connectivity index (χ2v) is 7.61. The third-order valence-corrected chi connectivity index (χ3v) is 5.25. The van der Waals surface area contributed by atoms with Crippen molar-refractivity contribution in [2.24, 2.45) is 0 Å². The van der Waals surface area contributed by atoms with Crippen molar-refractivity contribution in [3.8, 4) is 0 Å². The number of nitrogens with zero attached hydrogens (tertiary/aromatic N) is 5. The molecule has 1 atom stereocenters. The van der Waals surface area contributed by atoms with Crippen molar-refractivity contribution in [1.29, 1.82) is 0 Å². The van der Waals surface area contributed by atoms with E-state index in [4.69, 9.17) is 0 Å². The minimum atomic E-state index is 0.414. The van der Waals surface area contributed by atoms with Gasteiger partial charge in [-0.05, 0) is 52.0 Å². The van der Waals surface area contributed by atoms with E-state index in [0.717, 1.165) is 49.1 Å². The number of thioether (sulfide) groups is 1. The van der Waals surface area contributed by atoms with Crippen molar-refractivity contribution in [1.82, 2.24) is 25.1 Å². The van der Waals surface area contributed by atoms with Crippen molar-refractivity contribution in [2.75, 3.05) is 24.2 Å². The van der Waals surface area contributed by atoms with Gasteiger partial charge in [0.25, 0.3) is 0 Å². The first-order valence-electron chi connectivity index (χ1n) is 8.94. The van der Waals surface area contributed by atoms with E-state index < -0.39 is 0 Å². The molecule has 0 saturated carbocycles. The molecule has 1 aliphatic heterocycles. The zero-order valence-electron chi connectivity index (χ0n) is 15.6. The summed E-state index contributed by atoms with van der Waals surface area (Å²) in [4.78, 5) is 11.2. The Bertz CT molecular complexity index is 693. The van der Waals surface area contributed by atoms with Crippen LogP contribution < -0.4 is 10.2 Å². The molecule has 3 rings (SSSR count). The Kier molecular flexibility index (Phi) is 5.96. The highest BCUT2D eigenvalue weighted by molar-refractivity contribution is 7.98. The molecule has 0 aliphatic carbocycles. The Morgan fingerprint density at radius 2 is 2.08 bits per heavy atom. The molecule has 1 saturated heterocycles. The lowest BCUT2D eigenvalue weighted by atomic mass is 10.0. The Morgan fingerprint density at radius 1 is 1.32 bits per heavy atom. The zero-order chi connectivity index (χ0) is 17.8. The summed E-state index contributed by atoms with van der Waals surface area (Å²) in [6.07, 6.45) is 6.15. The van der Waals surface area contributed by atoms with Crippen molar-refractivity contribution < 1.29 is 0 Å². The normalized spacial score (nSPS) is 17.0. The van der Waals surface area contributed by atoms with Crippen LogP contribution in [0, 0.1) is 13.8 Å². The fourth-order valence-electron chi connectivity index (χ4n) is 3.46. The molecule has 1 unspecified atom stereocenters. The molecular formula is C18H28N6S. The van der Waals surface area contributed by atoms with Crippen LogP contribution in [0.5, 0.6) is 0 Å². The first kappa shape index (κ1) is 18.2. The van der Waals surface area contributed by atoms with E-state index in [1.165, 1.54) is 5.69 Å². The number of rotatable bonds is 6. The predicted octanol–water partition coefficient (Wildman–Crippen LogP) is 2.66. The molecule has 3 heterocycles. The van der Waals surface area contributed by atoms with Crippen molar-refractivity contribution in [3.05, 3.63) is 29.7 Å². The van der Waals surface area contributed by atoms with Gasteiger partial charge in [-0.1, -0.05) is 11.8 Å². The molecule has 0 bridgehead atoms. The molecule has 1 N–H and O–H groups in total. The van der Waals surface area contributed by atoms with Gasteiger partial charge in [0.1, 0.15) is 5.82 Å². The van der Waals surface area contributed by atoms with Gasteiger partial charge in [-0.15, -0.1) is 0 Å². The van der Waals surface area contributed by atoms with Crippen molar-refractivity contribution in [3.63, 3.8) is 0 Å². The Morgan fingerprint density at radius 3 is 2.72 bits per heavy atom. The van der Waals surface area contributed by atoms with Gasteiger partial charge in [-0.25, -0.2) is 9.97 Å². The minimum Gasteiger partial charge on any atom is -0.356 e. The van der Waals surface area contributed by atoms with Crippen LogP contribution in [0.1, 0.15) is 31.2 Å². The minimum absolute atomic E-state index is 0.414. The fraction of sp³-hybridized carbons (Fsp3) is 0.611. The van der Waals surface area contributed by atoms with Crippen LogP contribution in [0.15, 0.2) is 23.5 Å². The zero-order valence-corrected chi connectivity index (χ0v) is 16.4. The molecule has 6 nitrogen and oxygen atoms in total. The first-order valence-corrected chi connectivity index (χ1v) is 10.2. The van der Waals surface area contributed by atoms with Gasteiger partial charge in [0.05, 0.1) is 12.2 Å². The number of piperidine rings is 1. The molecule has 25 heavy (non-hydrogen) atoms. The average molecular weight is 361 g/mol. The molecule has 2 aromatic heterocycles. The lowest BCUT2D eigenvalue weighted by Crippen LogP contribution is -2.46. The third-order valence-electron chi connectivity index (χ3n) is 4.69. The summed E-state index contributed by atoms with van der Waals surface area (Å²) in [7, 11) is 0. The van der Waals surface area contributed by atoms with Gasteiger partial charge in [0.15, 0.2) is 5.16 Å². The van der Waals surface area contributed by atoms with Gasteiger partial charge >= 0.3 is 0 Å². The van der Waals surface area contributed by atoms with Crippen LogP contribution in [-0.4, -0.2) is 51.2 Å². The lowest BCUT2D eigenvalue weighted by Gasteiger charge is -2.34. The summed E-state index contributed by atoms with van der Waals surface area (Å²) in [5.74, 6) is 1.05. The number of hydrogen-bond donors (Lipinski definition) is 1. The highest BCUT2D eigenvalue weighted by Crippen LogP contribution is 2.20. The maximum atomic E-state index is 4.61. The molecule has 0 spiro atoms. The molecule has 0 radical (unpaired) electrons. The summed E-state index contributed by atoms with van der Waals surface area (Å²) in [5, 5.41) is 9.18. The van der Waals surface area contributed by atoms with Crippen LogP contribution in [0.2, 0.25) is 0 Å². The maximum Gasteiger partial charge on any atom is 0.189 e. The van der Waals surface area contributed by atoms with Gasteiger partial charge in [-0.2, -0.15) is 5.10 Å². The van der Waals surface area contributed by atoms with Crippen LogP contribution in [0.4, 0.5) is 5.82 Å². The summed E-state index contributed by atoms with van der Waals surface area (Å²) in [5.41, 5.74) is 2.32. The molecular weight excluding hydrogens is 332 g/mol. The highest BCUT2D eigenvalue weighted by atomic mass is 32.2. The fourth-order valence-corrected chi connectivity index (χ4v) is 3.81. The Hall–Kier alpha value is -1.60. The van der Waals surface area contributed by atoms with E-state index in [9.17, 15) is 0 Å². The van der Waals surface area contributed by atoms with Gasteiger partial charge in [0, 0.05) is 37.1 Å². The quantitative estimate of drug-likeness (QED) is 0.631. The topological polar surface area (TPSA) is 58.9 Å². The van der Waals surface area contributed by atoms with E-state index in [1.54, 1.807) is 11.8 Å². The highest BCUT2D eigenvalue weighted by Gasteiger charge is 2.22. The van der Waals surface area contributed by atoms with Crippen molar-refractivity contribution >= 4 is 17.6 Å². The SMILES string of the molecule is CSc1nccc(N2CCC(NC(C)Cn3nc(C)cc3C)CC2)n1. The first-order chi connectivity index (χ1) is 12.0. The van der Waals surface area contributed by atoms with E-state index in [0.29, 0.717) is 12.1 Å². The number of aryl methyl sites for hydroxylation is 2. The molecule has 2 aromatic rings. The second-order valence-electron chi connectivity index (χ2n) is 6.84. The van der Waals surface area contributed by atoms with E-state index in [1.807, 2.05) is 25.4 Å². The third kappa shape index (κ3) is 4.73. The van der Waals surface area contributed by atoms with Crippen molar-refractivity contribution in [2.45, 2.75) is 57.4 Å². The predicted molar refractivity (Wildman–Crippen MR) is 103 cm³/mol. The molecule has 7 heteroatoms. The monoisotopic (exact) mass is 360 g/mol. The summed E-state index contributed by atoms with van der Waals surface area (Å²) in [6.45, 7) is 9.41. The lowest BCUT2D eigenvalue weighted by molar-refractivity contribution is 0.345. The smallest absolute Gasteiger partial charge is 0.189 e. The van der Waals surface area contributed by atoms with Crippen LogP contribution >= 0.6 is 11.8 Å². The molecule has 0 amide bonds. The number of anilines is 1.